The summed E-state index contributed by atoms with van der Waals surface area (Å²) in [5.41, 5.74) is 1.56. The predicted octanol–water partition coefficient (Wildman–Crippen LogP) is 3.58. The van der Waals surface area contributed by atoms with Gasteiger partial charge in [-0.3, -0.25) is 0 Å². The Balaban J connectivity index is 2.11. The molecule has 0 radical (unpaired) electrons. The Morgan fingerprint density at radius 1 is 1.26 bits per heavy atom. The van der Waals surface area contributed by atoms with Gasteiger partial charge in [0.1, 0.15) is 5.82 Å². The van der Waals surface area contributed by atoms with Crippen LogP contribution >= 0.6 is 0 Å². The monoisotopic (exact) mass is 265 g/mol. The van der Waals surface area contributed by atoms with Gasteiger partial charge in [0, 0.05) is 18.8 Å². The molecule has 1 fully saturated rings. The molecule has 1 N–H and O–H groups in total. The number of hydrogen-bond donors (Lipinski definition) is 1. The number of rotatable bonds is 3. The van der Waals surface area contributed by atoms with Crippen molar-refractivity contribution in [2.45, 2.75) is 39.7 Å². The van der Waals surface area contributed by atoms with Crippen LogP contribution in [0, 0.1) is 17.7 Å². The molecule has 0 aliphatic carbocycles. The average molecular weight is 265 g/mol. The first-order valence-electron chi connectivity index (χ1n) is 7.25. The van der Waals surface area contributed by atoms with Gasteiger partial charge in [-0.25, -0.2) is 4.39 Å². The maximum atomic E-state index is 13.5. The summed E-state index contributed by atoms with van der Waals surface area (Å²) < 4.78 is 13.5. The number of benzene rings is 1. The molecule has 1 aromatic carbocycles. The smallest absolute Gasteiger partial charge is 0.125 e. The Hall–Kier alpha value is -1.09. The minimum Gasteiger partial charge on any atom is -0.392 e. The first-order valence-corrected chi connectivity index (χ1v) is 7.25. The van der Waals surface area contributed by atoms with Gasteiger partial charge in [-0.15, -0.1) is 0 Å². The zero-order valence-corrected chi connectivity index (χ0v) is 11.9. The van der Waals surface area contributed by atoms with Crippen molar-refractivity contribution < 1.29 is 9.50 Å². The standard InChI is InChI=1S/C16H24FNO/c1-12(2)14-4-3-6-18(7-5-14)16-9-13(11-19)8-15(17)10-16/h8-10,12,14,19H,3-7,11H2,1-2H3. The van der Waals surface area contributed by atoms with Crippen LogP contribution in [0.2, 0.25) is 0 Å². The lowest BCUT2D eigenvalue weighted by Crippen LogP contribution is -2.24. The van der Waals surface area contributed by atoms with Gasteiger partial charge in [0.05, 0.1) is 6.61 Å². The van der Waals surface area contributed by atoms with E-state index in [1.54, 1.807) is 6.07 Å². The highest BCUT2D eigenvalue weighted by Gasteiger charge is 2.20. The molecule has 1 saturated heterocycles. The van der Waals surface area contributed by atoms with E-state index in [0.29, 0.717) is 5.56 Å². The van der Waals surface area contributed by atoms with E-state index in [-0.39, 0.29) is 12.4 Å². The SMILES string of the molecule is CC(C)C1CCCN(c2cc(F)cc(CO)c2)CC1. The van der Waals surface area contributed by atoms with Gasteiger partial charge in [0.25, 0.3) is 0 Å². The normalized spacial score (nSPS) is 20.7. The summed E-state index contributed by atoms with van der Waals surface area (Å²) in [5.74, 6) is 1.24. The number of halogens is 1. The summed E-state index contributed by atoms with van der Waals surface area (Å²) in [7, 11) is 0. The van der Waals surface area contributed by atoms with Crippen molar-refractivity contribution >= 4 is 5.69 Å². The third-order valence-corrected chi connectivity index (χ3v) is 4.21. The van der Waals surface area contributed by atoms with Crippen LogP contribution in [0.25, 0.3) is 0 Å². The molecule has 2 rings (SSSR count). The number of aliphatic hydroxyl groups is 1. The summed E-state index contributed by atoms with van der Waals surface area (Å²) in [6.07, 6.45) is 3.59. The van der Waals surface area contributed by atoms with Gasteiger partial charge in [-0.2, -0.15) is 0 Å². The highest BCUT2D eigenvalue weighted by atomic mass is 19.1. The first kappa shape index (κ1) is 14.3. The Kier molecular flexibility index (Phi) is 4.81. The molecular formula is C16H24FNO. The second-order valence-electron chi connectivity index (χ2n) is 5.90. The molecule has 1 heterocycles. The molecule has 0 bridgehead atoms. The van der Waals surface area contributed by atoms with E-state index in [4.69, 9.17) is 0 Å². The summed E-state index contributed by atoms with van der Waals surface area (Å²) in [5, 5.41) is 9.17. The molecule has 106 valence electrons. The average Bonchev–Trinajstić information content (AvgIpc) is 2.63. The van der Waals surface area contributed by atoms with Crippen molar-refractivity contribution in [2.75, 3.05) is 18.0 Å². The number of aliphatic hydroxyl groups excluding tert-OH is 1. The lowest BCUT2D eigenvalue weighted by atomic mass is 9.89. The first-order chi connectivity index (χ1) is 9.10. The molecule has 0 amide bonds. The van der Waals surface area contributed by atoms with Gasteiger partial charge in [-0.05, 0) is 54.9 Å². The van der Waals surface area contributed by atoms with Crippen LogP contribution in [0.3, 0.4) is 0 Å². The molecule has 19 heavy (non-hydrogen) atoms. The fourth-order valence-electron chi connectivity index (χ4n) is 2.95. The topological polar surface area (TPSA) is 23.5 Å². The van der Waals surface area contributed by atoms with Crippen molar-refractivity contribution in [2.24, 2.45) is 11.8 Å². The van der Waals surface area contributed by atoms with Crippen LogP contribution in [-0.4, -0.2) is 18.2 Å². The molecule has 0 aromatic heterocycles. The maximum absolute atomic E-state index is 13.5. The van der Waals surface area contributed by atoms with Gasteiger partial charge < -0.3 is 10.0 Å². The van der Waals surface area contributed by atoms with Crippen LogP contribution < -0.4 is 4.90 Å². The summed E-state index contributed by atoms with van der Waals surface area (Å²) in [4.78, 5) is 2.25. The molecule has 1 aromatic rings. The van der Waals surface area contributed by atoms with Crippen LogP contribution in [0.1, 0.15) is 38.7 Å². The van der Waals surface area contributed by atoms with Crippen LogP contribution in [0.5, 0.6) is 0 Å². The summed E-state index contributed by atoms with van der Waals surface area (Å²) in [6, 6.07) is 4.88. The van der Waals surface area contributed by atoms with Crippen LogP contribution in [-0.2, 0) is 6.61 Å². The third-order valence-electron chi connectivity index (χ3n) is 4.21. The highest BCUT2D eigenvalue weighted by molar-refractivity contribution is 5.49. The fourth-order valence-corrected chi connectivity index (χ4v) is 2.95. The number of anilines is 1. The molecule has 1 unspecified atom stereocenters. The van der Waals surface area contributed by atoms with E-state index in [0.717, 1.165) is 37.0 Å². The molecule has 1 atom stereocenters. The molecule has 0 spiro atoms. The fraction of sp³-hybridized carbons (Fsp3) is 0.625. The van der Waals surface area contributed by atoms with Crippen molar-refractivity contribution in [3.05, 3.63) is 29.6 Å². The Labute approximate surface area is 115 Å². The van der Waals surface area contributed by atoms with E-state index in [1.165, 1.54) is 18.9 Å². The predicted molar refractivity (Wildman–Crippen MR) is 76.7 cm³/mol. The van der Waals surface area contributed by atoms with E-state index < -0.39 is 0 Å². The van der Waals surface area contributed by atoms with Gasteiger partial charge in [-0.1, -0.05) is 13.8 Å². The molecule has 2 nitrogen and oxygen atoms in total. The zero-order valence-electron chi connectivity index (χ0n) is 11.9. The molecule has 3 heteroatoms. The third kappa shape index (κ3) is 3.69. The minimum absolute atomic E-state index is 0.104. The van der Waals surface area contributed by atoms with Gasteiger partial charge in [0.2, 0.25) is 0 Å². The van der Waals surface area contributed by atoms with E-state index in [1.807, 2.05) is 6.07 Å². The van der Waals surface area contributed by atoms with Crippen LogP contribution in [0.4, 0.5) is 10.1 Å². The van der Waals surface area contributed by atoms with Crippen molar-refractivity contribution in [1.29, 1.82) is 0 Å². The van der Waals surface area contributed by atoms with Crippen LogP contribution in [0.15, 0.2) is 18.2 Å². The number of nitrogens with zero attached hydrogens (tertiary/aromatic N) is 1. The van der Waals surface area contributed by atoms with Crippen molar-refractivity contribution in [1.82, 2.24) is 0 Å². The lowest BCUT2D eigenvalue weighted by Gasteiger charge is -2.24. The van der Waals surface area contributed by atoms with Gasteiger partial charge >= 0.3 is 0 Å². The second kappa shape index (κ2) is 6.38. The van der Waals surface area contributed by atoms with Gasteiger partial charge in [0.15, 0.2) is 0 Å². The minimum atomic E-state index is -0.258. The molecular weight excluding hydrogens is 241 g/mol. The summed E-state index contributed by atoms with van der Waals surface area (Å²) in [6.45, 7) is 6.43. The molecule has 1 aliphatic rings. The second-order valence-corrected chi connectivity index (χ2v) is 5.90. The van der Waals surface area contributed by atoms with E-state index in [2.05, 4.69) is 18.7 Å². The molecule has 1 aliphatic heterocycles. The molecule has 0 saturated carbocycles. The lowest BCUT2D eigenvalue weighted by molar-refractivity contribution is 0.281. The van der Waals surface area contributed by atoms with Crippen molar-refractivity contribution in [3.8, 4) is 0 Å². The Bertz CT molecular complexity index is 419. The maximum Gasteiger partial charge on any atom is 0.125 e. The summed E-state index contributed by atoms with van der Waals surface area (Å²) >= 11 is 0. The zero-order chi connectivity index (χ0) is 13.8. The highest BCUT2D eigenvalue weighted by Crippen LogP contribution is 2.28. The van der Waals surface area contributed by atoms with Crippen molar-refractivity contribution in [3.63, 3.8) is 0 Å². The quantitative estimate of drug-likeness (QED) is 0.903. The Morgan fingerprint density at radius 2 is 2.05 bits per heavy atom. The largest absolute Gasteiger partial charge is 0.392 e. The number of hydrogen-bond acceptors (Lipinski definition) is 2. The van der Waals surface area contributed by atoms with E-state index in [9.17, 15) is 9.50 Å². The Morgan fingerprint density at radius 3 is 2.74 bits per heavy atom. The van der Waals surface area contributed by atoms with E-state index >= 15 is 0 Å².